The van der Waals surface area contributed by atoms with Crippen LogP contribution in [0.25, 0.3) is 0 Å². The monoisotopic (exact) mass is 379 g/mol. The average Bonchev–Trinajstić information content (AvgIpc) is 2.79. The van der Waals surface area contributed by atoms with Gasteiger partial charge in [-0.15, -0.1) is 0 Å². The van der Waals surface area contributed by atoms with E-state index in [0.29, 0.717) is 30.5 Å². The van der Waals surface area contributed by atoms with Crippen molar-refractivity contribution >= 4 is 27.7 Å². The van der Waals surface area contributed by atoms with Gasteiger partial charge in [-0.3, -0.25) is 4.79 Å². The Hall–Kier alpha value is -2.25. The molecular weight excluding hydrogens is 355 g/mol. The summed E-state index contributed by atoms with van der Waals surface area (Å²) in [5, 5.41) is 2.78. The van der Waals surface area contributed by atoms with Crippen molar-refractivity contribution in [3.8, 4) is 0 Å². The minimum Gasteiger partial charge on any atom is -0.326 e. The van der Waals surface area contributed by atoms with E-state index < -0.39 is 16.2 Å². The molecule has 7 heteroatoms. The second kappa shape index (κ2) is 8.42. The van der Waals surface area contributed by atoms with Crippen molar-refractivity contribution in [2.24, 2.45) is 0 Å². The van der Waals surface area contributed by atoms with Gasteiger partial charge in [-0.2, -0.15) is 9.27 Å². The van der Waals surface area contributed by atoms with Crippen LogP contribution in [0.4, 0.5) is 15.8 Å². The molecule has 0 fully saturated rings. The van der Waals surface area contributed by atoms with Gasteiger partial charge in [0.15, 0.2) is 0 Å². The summed E-state index contributed by atoms with van der Waals surface area (Å²) in [7, 11) is -3.58. The zero-order chi connectivity index (χ0) is 19.3. The van der Waals surface area contributed by atoms with Crippen LogP contribution in [0, 0.1) is 12.7 Å². The van der Waals surface area contributed by atoms with Crippen LogP contribution in [0.1, 0.15) is 37.8 Å². The van der Waals surface area contributed by atoms with Gasteiger partial charge in [0.05, 0.1) is 5.69 Å². The topological polar surface area (TPSA) is 78.4 Å². The van der Waals surface area contributed by atoms with Gasteiger partial charge in [-0.1, -0.05) is 19.9 Å². The smallest absolute Gasteiger partial charge is 0.326 e. The van der Waals surface area contributed by atoms with Gasteiger partial charge in [-0.05, 0) is 47.2 Å². The summed E-state index contributed by atoms with van der Waals surface area (Å²) >= 11 is 0. The Bertz CT molecular complexity index is 855. The molecule has 0 radical (unpaired) electrons. The molecule has 1 heterocycles. The lowest BCUT2D eigenvalue weighted by atomic mass is 10.1. The first-order valence-corrected chi connectivity index (χ1v) is 10.1. The fraction of sp³-hybridized carbons (Fsp3) is 0.316. The van der Waals surface area contributed by atoms with Crippen LogP contribution in [-0.2, 0) is 25.8 Å². The number of hydrogen-bond donors (Lipinski definition) is 3. The molecular formula is C19H24FN2O3S+. The summed E-state index contributed by atoms with van der Waals surface area (Å²) in [5.41, 5.74) is 2.18. The average molecular weight is 379 g/mol. The third kappa shape index (κ3) is 4.68. The molecule has 2 aromatic carbocycles. The van der Waals surface area contributed by atoms with E-state index in [-0.39, 0.29) is 16.5 Å². The highest BCUT2D eigenvalue weighted by molar-refractivity contribution is 7.99. The SMILES string of the molecule is CC.Cc1ccc(N[S+](=O)(O)c2ccc3c(c2)CCCC(=O)N3)cc1F. The molecule has 3 N–H and O–H groups in total. The van der Waals surface area contributed by atoms with E-state index in [4.69, 9.17) is 0 Å². The number of anilines is 2. The van der Waals surface area contributed by atoms with Crippen LogP contribution in [0.15, 0.2) is 41.3 Å². The lowest BCUT2D eigenvalue weighted by molar-refractivity contribution is -0.116. The zero-order valence-corrected chi connectivity index (χ0v) is 16.0. The van der Waals surface area contributed by atoms with Gasteiger partial charge < -0.3 is 5.32 Å². The fourth-order valence-corrected chi connectivity index (χ4v) is 3.72. The van der Waals surface area contributed by atoms with E-state index >= 15 is 0 Å². The van der Waals surface area contributed by atoms with E-state index in [1.54, 1.807) is 31.2 Å². The molecule has 0 saturated heterocycles. The van der Waals surface area contributed by atoms with Gasteiger partial charge in [-0.25, -0.2) is 4.39 Å². The molecule has 0 aromatic heterocycles. The molecule has 5 nitrogen and oxygen atoms in total. The van der Waals surface area contributed by atoms with Crippen LogP contribution in [0.5, 0.6) is 0 Å². The Morgan fingerprint density at radius 3 is 2.58 bits per heavy atom. The Morgan fingerprint density at radius 2 is 1.88 bits per heavy atom. The Labute approximate surface area is 154 Å². The predicted octanol–water partition coefficient (Wildman–Crippen LogP) is 4.79. The number of benzene rings is 2. The lowest BCUT2D eigenvalue weighted by Crippen LogP contribution is -2.21. The Balaban J connectivity index is 0.00000117. The third-order valence-corrected chi connectivity index (χ3v) is 5.35. The summed E-state index contributed by atoms with van der Waals surface area (Å²) < 4.78 is 39.1. The molecule has 2 aromatic rings. The molecule has 1 aliphatic heterocycles. The summed E-state index contributed by atoms with van der Waals surface area (Å²) in [4.78, 5) is 11.8. The zero-order valence-electron chi connectivity index (χ0n) is 15.1. The van der Waals surface area contributed by atoms with Gasteiger partial charge in [0, 0.05) is 30.3 Å². The van der Waals surface area contributed by atoms with E-state index in [0.717, 1.165) is 5.56 Å². The molecule has 0 saturated carbocycles. The number of fused-ring (bicyclic) bond motifs is 1. The van der Waals surface area contributed by atoms with E-state index in [1.807, 2.05) is 13.8 Å². The van der Waals surface area contributed by atoms with Crippen molar-refractivity contribution < 1.29 is 17.9 Å². The quantitative estimate of drug-likeness (QED) is 0.671. The van der Waals surface area contributed by atoms with Crippen LogP contribution in [-0.4, -0.2) is 10.5 Å². The van der Waals surface area contributed by atoms with Gasteiger partial charge in [0.2, 0.25) is 10.8 Å². The minimum atomic E-state index is -3.58. The van der Waals surface area contributed by atoms with Crippen molar-refractivity contribution in [2.75, 3.05) is 10.0 Å². The van der Waals surface area contributed by atoms with Crippen LogP contribution < -0.4 is 10.0 Å². The second-order valence-corrected chi connectivity index (χ2v) is 7.54. The van der Waals surface area contributed by atoms with Crippen molar-refractivity contribution in [1.82, 2.24) is 0 Å². The van der Waals surface area contributed by atoms with Crippen LogP contribution in [0.3, 0.4) is 0 Å². The highest BCUT2D eigenvalue weighted by Gasteiger charge is 2.31. The summed E-state index contributed by atoms with van der Waals surface area (Å²) in [6, 6.07) is 9.01. The fourth-order valence-electron chi connectivity index (χ4n) is 2.60. The summed E-state index contributed by atoms with van der Waals surface area (Å²) in [6.45, 7) is 5.62. The van der Waals surface area contributed by atoms with E-state index in [2.05, 4.69) is 10.0 Å². The van der Waals surface area contributed by atoms with Crippen molar-refractivity contribution in [2.45, 2.75) is 44.9 Å². The summed E-state index contributed by atoms with van der Waals surface area (Å²) in [6.07, 6.45) is 1.77. The standard InChI is InChI=1S/C17H17FN2O3S.C2H6/c1-11-5-6-13(10-15(11)18)20-24(22,23)14-7-8-16-12(9-14)3-2-4-17(21)19-16;1-2/h5-10H,2-4H2,1H3,(H2-,19,20,21,22,23);1-2H3/p+1. The first kappa shape index (κ1) is 20.1. The second-order valence-electron chi connectivity index (χ2n) is 5.81. The van der Waals surface area contributed by atoms with Crippen LogP contribution in [0.2, 0.25) is 0 Å². The third-order valence-electron chi connectivity index (χ3n) is 3.95. The van der Waals surface area contributed by atoms with Gasteiger partial charge in [0.25, 0.3) is 0 Å². The van der Waals surface area contributed by atoms with Crippen molar-refractivity contribution in [1.29, 1.82) is 0 Å². The number of halogens is 1. The van der Waals surface area contributed by atoms with Crippen molar-refractivity contribution in [3.63, 3.8) is 0 Å². The molecule has 0 spiro atoms. The first-order chi connectivity index (χ1) is 12.3. The van der Waals surface area contributed by atoms with E-state index in [1.165, 1.54) is 12.1 Å². The number of amides is 1. The Morgan fingerprint density at radius 1 is 1.15 bits per heavy atom. The molecule has 1 amide bonds. The molecule has 0 bridgehead atoms. The number of aryl methyl sites for hydroxylation is 2. The molecule has 1 atom stereocenters. The molecule has 1 unspecified atom stereocenters. The maximum atomic E-state index is 13.6. The number of nitrogens with one attached hydrogen (secondary N) is 2. The normalized spacial score (nSPS) is 15.5. The maximum Gasteiger partial charge on any atom is 0.346 e. The highest BCUT2D eigenvalue weighted by atomic mass is 32.3. The van der Waals surface area contributed by atoms with Crippen molar-refractivity contribution in [3.05, 3.63) is 53.3 Å². The molecule has 0 aliphatic carbocycles. The number of rotatable bonds is 3. The molecule has 3 rings (SSSR count). The highest BCUT2D eigenvalue weighted by Crippen LogP contribution is 2.28. The predicted molar refractivity (Wildman–Crippen MR) is 103 cm³/mol. The number of carbonyl (C=O) groups excluding carboxylic acids is 1. The maximum absolute atomic E-state index is 13.6. The Kier molecular flexibility index (Phi) is 6.50. The first-order valence-electron chi connectivity index (χ1n) is 8.58. The number of hydrogen-bond acceptors (Lipinski definition) is 2. The number of carbonyl (C=O) groups is 1. The van der Waals surface area contributed by atoms with E-state index in [9.17, 15) is 17.9 Å². The minimum absolute atomic E-state index is 0.0560. The summed E-state index contributed by atoms with van der Waals surface area (Å²) in [5.74, 6) is -0.501. The van der Waals surface area contributed by atoms with Gasteiger partial charge in [0.1, 0.15) is 5.82 Å². The molecule has 26 heavy (non-hydrogen) atoms. The molecule has 140 valence electrons. The van der Waals surface area contributed by atoms with Crippen LogP contribution >= 0.6 is 0 Å². The molecule has 1 aliphatic rings. The lowest BCUT2D eigenvalue weighted by Gasteiger charge is -2.11. The van der Waals surface area contributed by atoms with Gasteiger partial charge >= 0.3 is 10.4 Å². The largest absolute Gasteiger partial charge is 0.346 e.